The Bertz CT molecular complexity index is 816. The van der Waals surface area contributed by atoms with E-state index in [1.54, 1.807) is 7.11 Å². The Morgan fingerprint density at radius 1 is 0.920 bits per heavy atom. The SMILES string of the molecule is COc1ccccc1OCCc1nnc(COc2cccc(C)c2)o1. The van der Waals surface area contributed by atoms with E-state index in [0.29, 0.717) is 36.3 Å². The zero-order valence-electron chi connectivity index (χ0n) is 14.3. The van der Waals surface area contributed by atoms with Crippen molar-refractivity contribution in [3.63, 3.8) is 0 Å². The van der Waals surface area contributed by atoms with Crippen LogP contribution in [0.3, 0.4) is 0 Å². The lowest BCUT2D eigenvalue weighted by molar-refractivity contribution is 0.251. The van der Waals surface area contributed by atoms with E-state index in [-0.39, 0.29) is 6.61 Å². The third-order valence-corrected chi connectivity index (χ3v) is 3.50. The molecule has 0 saturated carbocycles. The number of nitrogens with zero attached hydrogens (tertiary/aromatic N) is 2. The van der Waals surface area contributed by atoms with Crippen LogP contribution >= 0.6 is 0 Å². The van der Waals surface area contributed by atoms with Crippen LogP contribution in [0.1, 0.15) is 17.3 Å². The van der Waals surface area contributed by atoms with Crippen LogP contribution in [0, 0.1) is 6.92 Å². The minimum absolute atomic E-state index is 0.240. The van der Waals surface area contributed by atoms with Gasteiger partial charge < -0.3 is 18.6 Å². The van der Waals surface area contributed by atoms with Crippen LogP contribution in [0.25, 0.3) is 0 Å². The van der Waals surface area contributed by atoms with Crippen molar-refractivity contribution in [2.75, 3.05) is 13.7 Å². The van der Waals surface area contributed by atoms with E-state index in [4.69, 9.17) is 18.6 Å². The Labute approximate surface area is 146 Å². The molecule has 0 aliphatic heterocycles. The van der Waals surface area contributed by atoms with Gasteiger partial charge in [-0.15, -0.1) is 10.2 Å². The lowest BCUT2D eigenvalue weighted by Gasteiger charge is -2.08. The molecule has 6 heteroatoms. The highest BCUT2D eigenvalue weighted by molar-refractivity contribution is 5.39. The van der Waals surface area contributed by atoms with Gasteiger partial charge in [0, 0.05) is 0 Å². The summed E-state index contributed by atoms with van der Waals surface area (Å²) in [5, 5.41) is 8.00. The number of rotatable bonds is 8. The van der Waals surface area contributed by atoms with E-state index in [0.717, 1.165) is 11.3 Å². The van der Waals surface area contributed by atoms with Crippen LogP contribution < -0.4 is 14.2 Å². The molecule has 0 fully saturated rings. The standard InChI is InChI=1S/C19H20N2O4/c1-14-6-5-7-15(12-14)24-13-19-21-20-18(25-19)10-11-23-17-9-4-3-8-16(17)22-2/h3-9,12H,10-11,13H2,1-2H3. The van der Waals surface area contributed by atoms with Gasteiger partial charge in [0.05, 0.1) is 20.1 Å². The number of hydrogen-bond acceptors (Lipinski definition) is 6. The molecule has 25 heavy (non-hydrogen) atoms. The predicted molar refractivity (Wildman–Crippen MR) is 92.0 cm³/mol. The highest BCUT2D eigenvalue weighted by Crippen LogP contribution is 2.25. The molecular formula is C19H20N2O4. The molecule has 0 aliphatic carbocycles. The predicted octanol–water partition coefficient (Wildman–Crippen LogP) is 3.59. The first kappa shape index (κ1) is 16.8. The van der Waals surface area contributed by atoms with E-state index in [1.807, 2.05) is 55.5 Å². The number of methoxy groups -OCH3 is 1. The van der Waals surface area contributed by atoms with Crippen molar-refractivity contribution in [1.29, 1.82) is 0 Å². The van der Waals surface area contributed by atoms with Gasteiger partial charge in [-0.05, 0) is 36.8 Å². The molecule has 0 saturated heterocycles. The average Bonchev–Trinajstić information content (AvgIpc) is 3.08. The summed E-state index contributed by atoms with van der Waals surface area (Å²) >= 11 is 0. The zero-order chi connectivity index (χ0) is 17.5. The molecule has 2 aromatic carbocycles. The van der Waals surface area contributed by atoms with Gasteiger partial charge in [-0.2, -0.15) is 0 Å². The number of aromatic nitrogens is 2. The number of hydrogen-bond donors (Lipinski definition) is 0. The quantitative estimate of drug-likeness (QED) is 0.624. The monoisotopic (exact) mass is 340 g/mol. The number of benzene rings is 2. The van der Waals surface area contributed by atoms with Crippen molar-refractivity contribution in [3.8, 4) is 17.2 Å². The summed E-state index contributed by atoms with van der Waals surface area (Å²) in [6.07, 6.45) is 0.509. The Hall–Kier alpha value is -3.02. The molecule has 3 rings (SSSR count). The van der Waals surface area contributed by atoms with Gasteiger partial charge in [-0.1, -0.05) is 24.3 Å². The molecule has 0 spiro atoms. The van der Waals surface area contributed by atoms with E-state index in [1.165, 1.54) is 0 Å². The molecule has 0 N–H and O–H groups in total. The van der Waals surface area contributed by atoms with E-state index >= 15 is 0 Å². The molecule has 0 unspecified atom stereocenters. The van der Waals surface area contributed by atoms with Crippen LogP contribution in [0.15, 0.2) is 52.9 Å². The maximum absolute atomic E-state index is 5.70. The second-order valence-corrected chi connectivity index (χ2v) is 5.44. The van der Waals surface area contributed by atoms with E-state index in [9.17, 15) is 0 Å². The zero-order valence-corrected chi connectivity index (χ0v) is 14.3. The molecule has 1 heterocycles. The number of aryl methyl sites for hydroxylation is 1. The lowest BCUT2D eigenvalue weighted by atomic mass is 10.2. The van der Waals surface area contributed by atoms with Crippen LogP contribution in [-0.2, 0) is 13.0 Å². The van der Waals surface area contributed by atoms with Crippen molar-refractivity contribution in [2.24, 2.45) is 0 Å². The first-order chi connectivity index (χ1) is 12.2. The third kappa shape index (κ3) is 4.73. The summed E-state index contributed by atoms with van der Waals surface area (Å²) in [4.78, 5) is 0. The Kier molecular flexibility index (Phi) is 5.51. The molecule has 1 aromatic heterocycles. The van der Waals surface area contributed by atoms with Gasteiger partial charge in [0.15, 0.2) is 18.1 Å². The molecule has 0 amide bonds. The maximum Gasteiger partial charge on any atom is 0.253 e. The van der Waals surface area contributed by atoms with Crippen molar-refractivity contribution in [1.82, 2.24) is 10.2 Å². The first-order valence-electron chi connectivity index (χ1n) is 8.01. The minimum Gasteiger partial charge on any atom is -0.493 e. The smallest absolute Gasteiger partial charge is 0.253 e. The van der Waals surface area contributed by atoms with Crippen molar-refractivity contribution < 1.29 is 18.6 Å². The fourth-order valence-corrected chi connectivity index (χ4v) is 2.28. The van der Waals surface area contributed by atoms with Crippen molar-refractivity contribution in [3.05, 3.63) is 65.9 Å². The van der Waals surface area contributed by atoms with Crippen molar-refractivity contribution in [2.45, 2.75) is 20.0 Å². The molecule has 130 valence electrons. The van der Waals surface area contributed by atoms with Gasteiger partial charge in [-0.3, -0.25) is 0 Å². The fourth-order valence-electron chi connectivity index (χ4n) is 2.28. The Balaban J connectivity index is 1.48. The Morgan fingerprint density at radius 3 is 2.52 bits per heavy atom. The largest absolute Gasteiger partial charge is 0.493 e. The van der Waals surface area contributed by atoms with Crippen LogP contribution in [0.5, 0.6) is 17.2 Å². The van der Waals surface area contributed by atoms with Crippen molar-refractivity contribution >= 4 is 0 Å². The van der Waals surface area contributed by atoms with E-state index in [2.05, 4.69) is 10.2 Å². The molecule has 0 bridgehead atoms. The highest BCUT2D eigenvalue weighted by Gasteiger charge is 2.08. The molecule has 0 radical (unpaired) electrons. The van der Waals surface area contributed by atoms with Crippen LogP contribution in [0.2, 0.25) is 0 Å². The average molecular weight is 340 g/mol. The Morgan fingerprint density at radius 2 is 1.72 bits per heavy atom. The first-order valence-corrected chi connectivity index (χ1v) is 8.01. The second-order valence-electron chi connectivity index (χ2n) is 5.44. The molecule has 0 atom stereocenters. The lowest BCUT2D eigenvalue weighted by Crippen LogP contribution is -2.02. The van der Waals surface area contributed by atoms with Gasteiger partial charge in [0.25, 0.3) is 5.89 Å². The summed E-state index contributed by atoms with van der Waals surface area (Å²) < 4.78 is 22.2. The summed E-state index contributed by atoms with van der Waals surface area (Å²) in [7, 11) is 1.61. The molecule has 6 nitrogen and oxygen atoms in total. The van der Waals surface area contributed by atoms with Gasteiger partial charge >= 0.3 is 0 Å². The third-order valence-electron chi connectivity index (χ3n) is 3.50. The number of para-hydroxylation sites is 2. The summed E-state index contributed by atoms with van der Waals surface area (Å²) in [5.41, 5.74) is 1.14. The normalized spacial score (nSPS) is 10.5. The molecule has 3 aromatic rings. The highest BCUT2D eigenvalue weighted by atomic mass is 16.5. The maximum atomic E-state index is 5.70. The molecule has 0 aliphatic rings. The minimum atomic E-state index is 0.240. The number of ether oxygens (including phenoxy) is 3. The summed E-state index contributed by atoms with van der Waals surface area (Å²) in [6.45, 7) is 2.67. The molecular weight excluding hydrogens is 320 g/mol. The van der Waals surface area contributed by atoms with Crippen LogP contribution in [-0.4, -0.2) is 23.9 Å². The summed E-state index contributed by atoms with van der Waals surface area (Å²) in [6, 6.07) is 15.3. The summed E-state index contributed by atoms with van der Waals surface area (Å²) in [5.74, 6) is 3.11. The van der Waals surface area contributed by atoms with Gasteiger partial charge in [-0.25, -0.2) is 0 Å². The van der Waals surface area contributed by atoms with Gasteiger partial charge in [0.1, 0.15) is 5.75 Å². The fraction of sp³-hybridized carbons (Fsp3) is 0.263. The van der Waals surface area contributed by atoms with Crippen LogP contribution in [0.4, 0.5) is 0 Å². The van der Waals surface area contributed by atoms with E-state index < -0.39 is 0 Å². The topological polar surface area (TPSA) is 66.6 Å². The second kappa shape index (κ2) is 8.19. The van der Waals surface area contributed by atoms with Gasteiger partial charge in [0.2, 0.25) is 5.89 Å².